The zero-order valence-electron chi connectivity index (χ0n) is 17.4. The van der Waals surface area contributed by atoms with E-state index >= 15 is 0 Å². The maximum absolute atomic E-state index is 12.6. The number of benzene rings is 1. The molecule has 0 radical (unpaired) electrons. The first kappa shape index (κ1) is 20.7. The number of carbonyl (C=O) groups excluding carboxylic acids is 1. The van der Waals surface area contributed by atoms with E-state index in [1.807, 2.05) is 42.2 Å². The molecule has 1 aromatic heterocycles. The van der Waals surface area contributed by atoms with Crippen LogP contribution in [0.5, 0.6) is 0 Å². The number of nitrogens with zero attached hydrogens (tertiary/aromatic N) is 5. The summed E-state index contributed by atoms with van der Waals surface area (Å²) < 4.78 is 0. The number of aryl methyl sites for hydroxylation is 1. The molecule has 1 aromatic carbocycles. The quantitative estimate of drug-likeness (QED) is 0.697. The molecule has 7 heteroatoms. The van der Waals surface area contributed by atoms with E-state index in [2.05, 4.69) is 14.8 Å². The van der Waals surface area contributed by atoms with Crippen LogP contribution in [-0.2, 0) is 4.79 Å². The highest BCUT2D eigenvalue weighted by Crippen LogP contribution is 2.22. The summed E-state index contributed by atoms with van der Waals surface area (Å²) >= 11 is 6.16. The van der Waals surface area contributed by atoms with Crippen molar-refractivity contribution >= 4 is 35.4 Å². The van der Waals surface area contributed by atoms with Crippen molar-refractivity contribution in [1.82, 2.24) is 14.9 Å². The normalized spacial score (nSPS) is 17.6. The van der Waals surface area contributed by atoms with Gasteiger partial charge in [0.05, 0.1) is 0 Å². The molecule has 2 aromatic rings. The third-order valence-electron chi connectivity index (χ3n) is 5.69. The Balaban J connectivity index is 1.38. The molecule has 3 heterocycles. The number of amides is 1. The van der Waals surface area contributed by atoms with Crippen LogP contribution in [0, 0.1) is 6.92 Å². The number of halogens is 1. The van der Waals surface area contributed by atoms with Gasteiger partial charge in [0.15, 0.2) is 0 Å². The molecule has 1 amide bonds. The molecule has 0 aliphatic carbocycles. The lowest BCUT2D eigenvalue weighted by molar-refractivity contribution is -0.126. The summed E-state index contributed by atoms with van der Waals surface area (Å²) in [6.45, 7) is 6.97. The highest BCUT2D eigenvalue weighted by atomic mass is 35.5. The van der Waals surface area contributed by atoms with Gasteiger partial charge in [0.1, 0.15) is 5.82 Å². The average Bonchev–Trinajstić information content (AvgIpc) is 2.78. The number of anilines is 2. The lowest BCUT2D eigenvalue weighted by atomic mass is 10.1. The van der Waals surface area contributed by atoms with Crippen molar-refractivity contribution in [3.8, 4) is 0 Å². The maximum Gasteiger partial charge on any atom is 0.246 e. The Hall–Kier alpha value is -2.60. The standard InChI is InChI=1S/C23H28ClN5O/c1-18-17-21(26-23(25-18)29-11-5-2-6-12-29)27-13-15-28(16-14-27)22(30)10-9-19-7-3-4-8-20(19)24/h3-4,7-10,17H,2,5-6,11-16H2,1H3/b10-9+. The molecule has 30 heavy (non-hydrogen) atoms. The van der Waals surface area contributed by atoms with E-state index in [0.29, 0.717) is 18.1 Å². The predicted molar refractivity (Wildman–Crippen MR) is 122 cm³/mol. The third kappa shape index (κ3) is 4.93. The first-order chi connectivity index (χ1) is 14.6. The van der Waals surface area contributed by atoms with Gasteiger partial charge in [-0.3, -0.25) is 4.79 Å². The number of hydrogen-bond acceptors (Lipinski definition) is 5. The maximum atomic E-state index is 12.6. The van der Waals surface area contributed by atoms with Crippen LogP contribution >= 0.6 is 11.6 Å². The van der Waals surface area contributed by atoms with E-state index in [9.17, 15) is 4.79 Å². The Kier molecular flexibility index (Phi) is 6.53. The minimum atomic E-state index is 0.0162. The summed E-state index contributed by atoms with van der Waals surface area (Å²) in [4.78, 5) is 28.5. The molecule has 2 fully saturated rings. The van der Waals surface area contributed by atoms with Gasteiger partial charge in [0, 0.05) is 62.1 Å². The van der Waals surface area contributed by atoms with Gasteiger partial charge in [0.25, 0.3) is 0 Å². The molecule has 0 spiro atoms. The van der Waals surface area contributed by atoms with Gasteiger partial charge in [-0.1, -0.05) is 29.8 Å². The minimum Gasteiger partial charge on any atom is -0.353 e. The van der Waals surface area contributed by atoms with E-state index < -0.39 is 0 Å². The molecule has 158 valence electrons. The van der Waals surface area contributed by atoms with E-state index in [-0.39, 0.29) is 5.91 Å². The molecule has 6 nitrogen and oxygen atoms in total. The summed E-state index contributed by atoms with van der Waals surface area (Å²) in [5.74, 6) is 1.81. The molecule has 2 aliphatic rings. The van der Waals surface area contributed by atoms with Crippen LogP contribution in [0.2, 0.25) is 5.02 Å². The fraction of sp³-hybridized carbons (Fsp3) is 0.435. The Morgan fingerprint density at radius 1 is 0.967 bits per heavy atom. The second kappa shape index (κ2) is 9.47. The summed E-state index contributed by atoms with van der Waals surface area (Å²) in [5, 5.41) is 0.648. The zero-order chi connectivity index (χ0) is 20.9. The van der Waals surface area contributed by atoms with Gasteiger partial charge in [-0.25, -0.2) is 4.98 Å². The summed E-state index contributed by atoms with van der Waals surface area (Å²) in [5.41, 5.74) is 1.84. The van der Waals surface area contributed by atoms with Crippen molar-refractivity contribution in [1.29, 1.82) is 0 Å². The summed E-state index contributed by atoms with van der Waals surface area (Å²) in [7, 11) is 0. The number of piperazine rings is 1. The first-order valence-electron chi connectivity index (χ1n) is 10.7. The molecule has 2 aliphatic heterocycles. The van der Waals surface area contributed by atoms with Crippen molar-refractivity contribution in [3.63, 3.8) is 0 Å². The van der Waals surface area contributed by atoms with E-state index in [1.165, 1.54) is 19.3 Å². The topological polar surface area (TPSA) is 52.6 Å². The molecular formula is C23H28ClN5O. The highest BCUT2D eigenvalue weighted by molar-refractivity contribution is 6.32. The van der Waals surface area contributed by atoms with Gasteiger partial charge < -0.3 is 14.7 Å². The number of carbonyl (C=O) groups is 1. The summed E-state index contributed by atoms with van der Waals surface area (Å²) in [6, 6.07) is 9.57. The van der Waals surface area contributed by atoms with Gasteiger partial charge >= 0.3 is 0 Å². The molecular weight excluding hydrogens is 398 g/mol. The Morgan fingerprint density at radius 3 is 2.43 bits per heavy atom. The first-order valence-corrected chi connectivity index (χ1v) is 11.0. The van der Waals surface area contributed by atoms with E-state index in [1.54, 1.807) is 12.2 Å². The van der Waals surface area contributed by atoms with Crippen molar-refractivity contribution in [2.24, 2.45) is 0 Å². The fourth-order valence-corrected chi connectivity index (χ4v) is 4.17. The number of aromatic nitrogens is 2. The van der Waals surface area contributed by atoms with Crippen molar-refractivity contribution in [2.75, 3.05) is 49.1 Å². The SMILES string of the molecule is Cc1cc(N2CCN(C(=O)/C=C/c3ccccc3Cl)CC2)nc(N2CCCCC2)n1. The van der Waals surface area contributed by atoms with Crippen molar-refractivity contribution < 1.29 is 4.79 Å². The lowest BCUT2D eigenvalue weighted by Gasteiger charge is -2.35. The number of rotatable bonds is 4. The Morgan fingerprint density at radius 2 is 1.70 bits per heavy atom. The van der Waals surface area contributed by atoms with Crippen molar-refractivity contribution in [2.45, 2.75) is 26.2 Å². The van der Waals surface area contributed by atoms with Gasteiger partial charge in [-0.05, 0) is 43.9 Å². The van der Waals surface area contributed by atoms with Crippen LogP contribution < -0.4 is 9.80 Å². The molecule has 0 atom stereocenters. The highest BCUT2D eigenvalue weighted by Gasteiger charge is 2.22. The Labute approximate surface area is 183 Å². The van der Waals surface area contributed by atoms with E-state index in [0.717, 1.165) is 49.2 Å². The average molecular weight is 426 g/mol. The van der Waals surface area contributed by atoms with Crippen LogP contribution in [0.3, 0.4) is 0 Å². The molecule has 0 N–H and O–H groups in total. The van der Waals surface area contributed by atoms with Crippen molar-refractivity contribution in [3.05, 3.63) is 52.7 Å². The largest absolute Gasteiger partial charge is 0.353 e. The monoisotopic (exact) mass is 425 g/mol. The Bertz CT molecular complexity index is 918. The van der Waals surface area contributed by atoms with E-state index in [4.69, 9.17) is 16.6 Å². The molecule has 4 rings (SSSR count). The molecule has 0 bridgehead atoms. The lowest BCUT2D eigenvalue weighted by Crippen LogP contribution is -2.48. The van der Waals surface area contributed by atoms with Gasteiger partial charge in [-0.15, -0.1) is 0 Å². The second-order valence-corrected chi connectivity index (χ2v) is 8.29. The number of hydrogen-bond donors (Lipinski definition) is 0. The van der Waals surface area contributed by atoms with Crippen LogP contribution in [-0.4, -0.2) is 60.0 Å². The fourth-order valence-electron chi connectivity index (χ4n) is 3.97. The third-order valence-corrected chi connectivity index (χ3v) is 6.04. The van der Waals surface area contributed by atoms with Gasteiger partial charge in [0.2, 0.25) is 11.9 Å². The van der Waals surface area contributed by atoms with Crippen LogP contribution in [0.4, 0.5) is 11.8 Å². The molecule has 0 saturated carbocycles. The minimum absolute atomic E-state index is 0.0162. The smallest absolute Gasteiger partial charge is 0.246 e. The van der Waals surface area contributed by atoms with Crippen LogP contribution in [0.1, 0.15) is 30.5 Å². The van der Waals surface area contributed by atoms with Gasteiger partial charge in [-0.2, -0.15) is 4.98 Å². The second-order valence-electron chi connectivity index (χ2n) is 7.88. The number of piperidine rings is 1. The summed E-state index contributed by atoms with van der Waals surface area (Å²) in [6.07, 6.45) is 7.09. The molecule has 0 unspecified atom stereocenters. The van der Waals surface area contributed by atoms with Crippen LogP contribution in [0.25, 0.3) is 6.08 Å². The predicted octanol–water partition coefficient (Wildman–Crippen LogP) is 3.79. The molecule has 2 saturated heterocycles. The zero-order valence-corrected chi connectivity index (χ0v) is 18.2. The van der Waals surface area contributed by atoms with Crippen LogP contribution in [0.15, 0.2) is 36.4 Å².